The molecule has 122 valence electrons. The highest BCUT2D eigenvalue weighted by molar-refractivity contribution is 5.84. The molecule has 4 heteroatoms. The Hall–Kier alpha value is -0.610. The number of unbranched alkanes of at least 4 members (excludes halogenated alkanes) is 1. The van der Waals surface area contributed by atoms with Crippen LogP contribution in [0.2, 0.25) is 0 Å². The van der Waals surface area contributed by atoms with Crippen molar-refractivity contribution in [3.63, 3.8) is 0 Å². The van der Waals surface area contributed by atoms with Crippen LogP contribution in [0.5, 0.6) is 0 Å². The van der Waals surface area contributed by atoms with Crippen LogP contribution in [0.25, 0.3) is 0 Å². The molecule has 0 aromatic rings. The number of hydrogen-bond acceptors (Lipinski definition) is 3. The van der Waals surface area contributed by atoms with Crippen molar-refractivity contribution in [2.75, 3.05) is 19.6 Å². The summed E-state index contributed by atoms with van der Waals surface area (Å²) in [5.74, 6) is 0.797. The van der Waals surface area contributed by atoms with E-state index in [1.54, 1.807) is 0 Å². The second kappa shape index (κ2) is 7.59. The average molecular weight is 295 g/mol. The molecule has 4 nitrogen and oxygen atoms in total. The van der Waals surface area contributed by atoms with Crippen molar-refractivity contribution in [1.29, 1.82) is 0 Å². The van der Waals surface area contributed by atoms with Gasteiger partial charge in [0, 0.05) is 19.1 Å². The standard InChI is InChI=1S/C17H33N3O/c1-5-7-8-15-17(21)20(16(18-15)13(3)4)12-11-19(6-2)14-9-10-14/h13-16,18H,5-12H2,1-4H3. The molecule has 1 saturated heterocycles. The highest BCUT2D eigenvalue weighted by atomic mass is 16.2. The van der Waals surface area contributed by atoms with Crippen molar-refractivity contribution >= 4 is 5.91 Å². The highest BCUT2D eigenvalue weighted by Crippen LogP contribution is 2.27. The third-order valence-electron chi connectivity index (χ3n) is 4.86. The Kier molecular flexibility index (Phi) is 6.06. The Morgan fingerprint density at radius 2 is 2.05 bits per heavy atom. The van der Waals surface area contributed by atoms with Gasteiger partial charge in [0.05, 0.1) is 12.2 Å². The molecule has 1 N–H and O–H groups in total. The molecule has 1 saturated carbocycles. The van der Waals surface area contributed by atoms with Crippen LogP contribution in [0.3, 0.4) is 0 Å². The van der Waals surface area contributed by atoms with Gasteiger partial charge in [-0.05, 0) is 31.7 Å². The van der Waals surface area contributed by atoms with Gasteiger partial charge in [0.15, 0.2) is 0 Å². The van der Waals surface area contributed by atoms with Crippen LogP contribution in [0, 0.1) is 5.92 Å². The van der Waals surface area contributed by atoms with E-state index >= 15 is 0 Å². The van der Waals surface area contributed by atoms with Crippen molar-refractivity contribution in [2.45, 2.75) is 78.0 Å². The van der Waals surface area contributed by atoms with Gasteiger partial charge in [-0.3, -0.25) is 15.0 Å². The van der Waals surface area contributed by atoms with Crippen LogP contribution in [0.1, 0.15) is 59.8 Å². The van der Waals surface area contributed by atoms with Crippen LogP contribution in [0.4, 0.5) is 0 Å². The van der Waals surface area contributed by atoms with Crippen LogP contribution in [-0.4, -0.2) is 53.6 Å². The predicted octanol–water partition coefficient (Wildman–Crippen LogP) is 2.44. The van der Waals surface area contributed by atoms with Crippen molar-refractivity contribution in [3.05, 3.63) is 0 Å². The van der Waals surface area contributed by atoms with Crippen molar-refractivity contribution in [3.8, 4) is 0 Å². The fraction of sp³-hybridized carbons (Fsp3) is 0.941. The lowest BCUT2D eigenvalue weighted by molar-refractivity contribution is -0.130. The maximum atomic E-state index is 12.7. The first-order valence-electron chi connectivity index (χ1n) is 8.89. The summed E-state index contributed by atoms with van der Waals surface area (Å²) in [4.78, 5) is 17.3. The van der Waals surface area contributed by atoms with Gasteiger partial charge in [0.2, 0.25) is 5.91 Å². The summed E-state index contributed by atoms with van der Waals surface area (Å²) in [6.07, 6.45) is 6.17. The monoisotopic (exact) mass is 295 g/mol. The maximum Gasteiger partial charge on any atom is 0.241 e. The van der Waals surface area contributed by atoms with Gasteiger partial charge >= 0.3 is 0 Å². The van der Waals surface area contributed by atoms with E-state index in [9.17, 15) is 4.79 Å². The zero-order valence-corrected chi connectivity index (χ0v) is 14.3. The first-order chi connectivity index (χ1) is 10.1. The fourth-order valence-corrected chi connectivity index (χ4v) is 3.40. The molecule has 0 bridgehead atoms. The normalized spacial score (nSPS) is 26.4. The number of rotatable bonds is 9. The van der Waals surface area contributed by atoms with Gasteiger partial charge < -0.3 is 4.90 Å². The smallest absolute Gasteiger partial charge is 0.241 e. The summed E-state index contributed by atoms with van der Waals surface area (Å²) in [5, 5.41) is 3.57. The second-order valence-corrected chi connectivity index (χ2v) is 6.94. The molecule has 0 aromatic carbocycles. The zero-order chi connectivity index (χ0) is 15.4. The van der Waals surface area contributed by atoms with E-state index in [1.807, 2.05) is 0 Å². The molecular weight excluding hydrogens is 262 g/mol. The Labute approximate surface area is 130 Å². The van der Waals surface area contributed by atoms with Gasteiger partial charge in [-0.1, -0.05) is 40.5 Å². The summed E-state index contributed by atoms with van der Waals surface area (Å²) in [7, 11) is 0. The lowest BCUT2D eigenvalue weighted by Crippen LogP contribution is -2.45. The molecule has 0 spiro atoms. The van der Waals surface area contributed by atoms with E-state index in [0.29, 0.717) is 11.8 Å². The summed E-state index contributed by atoms with van der Waals surface area (Å²) in [6, 6.07) is 0.836. The Balaban J connectivity index is 1.92. The average Bonchev–Trinajstić information content (AvgIpc) is 3.24. The van der Waals surface area contributed by atoms with E-state index in [2.05, 4.69) is 42.8 Å². The molecule has 1 amide bonds. The topological polar surface area (TPSA) is 35.6 Å². The minimum Gasteiger partial charge on any atom is -0.324 e. The summed E-state index contributed by atoms with van der Waals surface area (Å²) >= 11 is 0. The highest BCUT2D eigenvalue weighted by Gasteiger charge is 2.40. The number of carbonyl (C=O) groups is 1. The van der Waals surface area contributed by atoms with Crippen molar-refractivity contribution < 1.29 is 4.79 Å². The molecule has 21 heavy (non-hydrogen) atoms. The van der Waals surface area contributed by atoms with Crippen LogP contribution in [0.15, 0.2) is 0 Å². The van der Waals surface area contributed by atoms with Crippen LogP contribution in [-0.2, 0) is 4.79 Å². The first kappa shape index (κ1) is 16.8. The number of nitrogens with one attached hydrogen (secondary N) is 1. The number of carbonyl (C=O) groups excluding carboxylic acids is 1. The van der Waals surface area contributed by atoms with Gasteiger partial charge in [-0.15, -0.1) is 0 Å². The maximum absolute atomic E-state index is 12.7. The van der Waals surface area contributed by atoms with E-state index in [1.165, 1.54) is 12.8 Å². The molecule has 1 aliphatic carbocycles. The molecule has 2 unspecified atom stereocenters. The predicted molar refractivity (Wildman–Crippen MR) is 87.1 cm³/mol. The first-order valence-corrected chi connectivity index (χ1v) is 8.89. The molecule has 1 aliphatic heterocycles. The zero-order valence-electron chi connectivity index (χ0n) is 14.3. The van der Waals surface area contributed by atoms with E-state index in [4.69, 9.17) is 0 Å². The lowest BCUT2D eigenvalue weighted by atomic mass is 10.1. The third kappa shape index (κ3) is 4.19. The number of amides is 1. The Bertz CT molecular complexity index is 341. The SMILES string of the molecule is CCCCC1NC(C(C)C)N(CCN(CC)C2CC2)C1=O. The third-order valence-corrected chi connectivity index (χ3v) is 4.86. The number of likely N-dealkylation sites (N-methyl/N-ethyl adjacent to an activating group) is 1. The molecular formula is C17H33N3O. The van der Waals surface area contributed by atoms with Crippen molar-refractivity contribution in [2.24, 2.45) is 5.92 Å². The van der Waals surface area contributed by atoms with Crippen LogP contribution >= 0.6 is 0 Å². The van der Waals surface area contributed by atoms with Crippen molar-refractivity contribution in [1.82, 2.24) is 15.1 Å². The number of nitrogens with zero attached hydrogens (tertiary/aromatic N) is 2. The van der Waals surface area contributed by atoms with Gasteiger partial charge in [-0.2, -0.15) is 0 Å². The molecule has 1 heterocycles. The van der Waals surface area contributed by atoms with Gasteiger partial charge in [0.1, 0.15) is 0 Å². The van der Waals surface area contributed by atoms with Gasteiger partial charge in [-0.25, -0.2) is 0 Å². The molecule has 0 aromatic heterocycles. The second-order valence-electron chi connectivity index (χ2n) is 6.94. The van der Waals surface area contributed by atoms with Crippen LogP contribution < -0.4 is 5.32 Å². The van der Waals surface area contributed by atoms with E-state index in [-0.39, 0.29) is 12.2 Å². The summed E-state index contributed by atoms with van der Waals surface area (Å²) < 4.78 is 0. The Morgan fingerprint density at radius 1 is 1.33 bits per heavy atom. The number of hydrogen-bond donors (Lipinski definition) is 1. The Morgan fingerprint density at radius 3 is 2.57 bits per heavy atom. The summed E-state index contributed by atoms with van der Waals surface area (Å²) in [5.41, 5.74) is 0. The fourth-order valence-electron chi connectivity index (χ4n) is 3.40. The largest absolute Gasteiger partial charge is 0.324 e. The van der Waals surface area contributed by atoms with E-state index < -0.39 is 0 Å². The molecule has 2 atom stereocenters. The quantitative estimate of drug-likeness (QED) is 0.710. The van der Waals surface area contributed by atoms with Gasteiger partial charge in [0.25, 0.3) is 0 Å². The minimum absolute atomic E-state index is 0.0494. The summed E-state index contributed by atoms with van der Waals surface area (Å²) in [6.45, 7) is 11.8. The van der Waals surface area contributed by atoms with E-state index in [0.717, 1.165) is 44.9 Å². The molecule has 0 radical (unpaired) electrons. The molecule has 2 aliphatic rings. The molecule has 2 fully saturated rings. The molecule has 2 rings (SSSR count). The lowest BCUT2D eigenvalue weighted by Gasteiger charge is -2.30. The minimum atomic E-state index is 0.0494.